The van der Waals surface area contributed by atoms with E-state index in [-0.39, 0.29) is 0 Å². The fraction of sp³-hybridized carbons (Fsp3) is 0.500. The summed E-state index contributed by atoms with van der Waals surface area (Å²) in [4.78, 5) is 11.3. The number of hydrogen-bond acceptors (Lipinski definition) is 2. The van der Waals surface area contributed by atoms with Crippen molar-refractivity contribution in [1.82, 2.24) is 0 Å². The van der Waals surface area contributed by atoms with Gasteiger partial charge in [0.25, 0.3) is 0 Å². The lowest BCUT2D eigenvalue weighted by Crippen LogP contribution is -1.92. The minimum Gasteiger partial charge on any atom is -0.297 e. The van der Waals surface area contributed by atoms with Crippen molar-refractivity contribution in [2.45, 2.75) is 32.6 Å². The molecule has 1 aromatic rings. The first-order valence-corrected chi connectivity index (χ1v) is 5.23. The van der Waals surface area contributed by atoms with E-state index in [1.165, 1.54) is 5.56 Å². The highest BCUT2D eigenvalue weighted by Gasteiger charge is 2.08. The summed E-state index contributed by atoms with van der Waals surface area (Å²) in [5, 5.41) is 2.10. The molecule has 1 aromatic heterocycles. The van der Waals surface area contributed by atoms with Gasteiger partial charge in [-0.25, -0.2) is 0 Å². The van der Waals surface area contributed by atoms with Crippen molar-refractivity contribution in [1.29, 1.82) is 0 Å². The molecule has 0 N–H and O–H groups in total. The first kappa shape index (κ1) is 9.46. The van der Waals surface area contributed by atoms with Crippen LogP contribution in [0.1, 0.15) is 47.8 Å². The van der Waals surface area contributed by atoms with E-state index in [1.54, 1.807) is 11.3 Å². The number of rotatable bonds is 4. The van der Waals surface area contributed by atoms with Crippen LogP contribution >= 0.6 is 11.3 Å². The van der Waals surface area contributed by atoms with Crippen LogP contribution in [0.5, 0.6) is 0 Å². The monoisotopic (exact) mass is 182 g/mol. The SMILES string of the molecule is CCC(CC)c1csc(C=O)c1. The van der Waals surface area contributed by atoms with E-state index >= 15 is 0 Å². The van der Waals surface area contributed by atoms with Crippen molar-refractivity contribution < 1.29 is 4.79 Å². The maximum atomic E-state index is 10.4. The predicted octanol–water partition coefficient (Wildman–Crippen LogP) is 3.46. The number of hydrogen-bond donors (Lipinski definition) is 0. The molecular formula is C10H14OS. The smallest absolute Gasteiger partial charge is 0.160 e. The van der Waals surface area contributed by atoms with Gasteiger partial charge in [0.05, 0.1) is 4.88 Å². The van der Waals surface area contributed by atoms with Gasteiger partial charge in [0.1, 0.15) is 0 Å². The zero-order chi connectivity index (χ0) is 8.97. The summed E-state index contributed by atoms with van der Waals surface area (Å²) in [7, 11) is 0. The molecule has 1 rings (SSSR count). The first-order chi connectivity index (χ1) is 5.81. The minimum atomic E-state index is 0.634. The quantitative estimate of drug-likeness (QED) is 0.652. The average molecular weight is 182 g/mol. The van der Waals surface area contributed by atoms with Gasteiger partial charge in [-0.2, -0.15) is 0 Å². The lowest BCUT2D eigenvalue weighted by Gasteiger charge is -2.08. The second kappa shape index (κ2) is 4.41. The summed E-state index contributed by atoms with van der Waals surface area (Å²) >= 11 is 1.54. The second-order valence-corrected chi connectivity index (χ2v) is 3.86. The Morgan fingerprint density at radius 2 is 2.17 bits per heavy atom. The van der Waals surface area contributed by atoms with E-state index in [4.69, 9.17) is 0 Å². The first-order valence-electron chi connectivity index (χ1n) is 4.35. The standard InChI is InChI=1S/C10H14OS/c1-3-8(4-2)9-5-10(6-11)12-7-9/h5-8H,3-4H2,1-2H3. The highest BCUT2D eigenvalue weighted by atomic mass is 32.1. The Labute approximate surface area is 77.4 Å². The average Bonchev–Trinajstić information content (AvgIpc) is 2.55. The van der Waals surface area contributed by atoms with Gasteiger partial charge in [-0.15, -0.1) is 11.3 Å². The van der Waals surface area contributed by atoms with E-state index in [2.05, 4.69) is 19.2 Å². The van der Waals surface area contributed by atoms with Gasteiger partial charge in [0.15, 0.2) is 6.29 Å². The molecule has 12 heavy (non-hydrogen) atoms. The molecule has 0 atom stereocenters. The Kier molecular flexibility index (Phi) is 3.48. The van der Waals surface area contributed by atoms with Crippen LogP contribution in [-0.4, -0.2) is 6.29 Å². The largest absolute Gasteiger partial charge is 0.297 e. The number of carbonyl (C=O) groups is 1. The maximum Gasteiger partial charge on any atom is 0.160 e. The molecule has 2 heteroatoms. The van der Waals surface area contributed by atoms with Gasteiger partial charge >= 0.3 is 0 Å². The van der Waals surface area contributed by atoms with Crippen molar-refractivity contribution in [2.75, 3.05) is 0 Å². The number of aldehydes is 1. The topological polar surface area (TPSA) is 17.1 Å². The molecule has 0 amide bonds. The fourth-order valence-electron chi connectivity index (χ4n) is 1.40. The van der Waals surface area contributed by atoms with E-state index in [0.717, 1.165) is 24.0 Å². The summed E-state index contributed by atoms with van der Waals surface area (Å²) in [5.41, 5.74) is 1.33. The Balaban J connectivity index is 2.79. The van der Waals surface area contributed by atoms with Gasteiger partial charge < -0.3 is 0 Å². The van der Waals surface area contributed by atoms with E-state index in [1.807, 2.05) is 6.07 Å². The minimum absolute atomic E-state index is 0.634. The summed E-state index contributed by atoms with van der Waals surface area (Å²) in [6, 6.07) is 2.01. The maximum absolute atomic E-state index is 10.4. The van der Waals surface area contributed by atoms with Crippen LogP contribution in [0.3, 0.4) is 0 Å². The van der Waals surface area contributed by atoms with Crippen molar-refractivity contribution in [3.63, 3.8) is 0 Å². The normalized spacial score (nSPS) is 10.6. The molecule has 0 aliphatic rings. The van der Waals surface area contributed by atoms with Crippen molar-refractivity contribution in [3.05, 3.63) is 21.9 Å². The molecule has 0 radical (unpaired) electrons. The Hall–Kier alpha value is -0.630. The molecule has 66 valence electrons. The number of thiophene rings is 1. The molecule has 1 nitrogen and oxygen atoms in total. The summed E-state index contributed by atoms with van der Waals surface area (Å²) < 4.78 is 0. The lowest BCUT2D eigenvalue weighted by molar-refractivity contribution is 0.112. The fourth-order valence-corrected chi connectivity index (χ4v) is 2.20. The molecule has 0 bridgehead atoms. The van der Waals surface area contributed by atoms with Crippen LogP contribution in [-0.2, 0) is 0 Å². The summed E-state index contributed by atoms with van der Waals surface area (Å²) in [5.74, 6) is 0.634. The Bertz CT molecular complexity index is 248. The molecule has 0 aliphatic carbocycles. The van der Waals surface area contributed by atoms with Gasteiger partial charge in [0.2, 0.25) is 0 Å². The van der Waals surface area contributed by atoms with E-state index in [0.29, 0.717) is 5.92 Å². The third-order valence-corrected chi connectivity index (χ3v) is 3.09. The van der Waals surface area contributed by atoms with Crippen LogP contribution in [0.15, 0.2) is 11.4 Å². The van der Waals surface area contributed by atoms with Crippen LogP contribution in [0.2, 0.25) is 0 Å². The predicted molar refractivity (Wildman–Crippen MR) is 53.0 cm³/mol. The van der Waals surface area contributed by atoms with Gasteiger partial charge in [-0.1, -0.05) is 13.8 Å². The van der Waals surface area contributed by atoms with Crippen LogP contribution in [0.25, 0.3) is 0 Å². The molecule has 0 saturated heterocycles. The highest BCUT2D eigenvalue weighted by molar-refractivity contribution is 7.11. The zero-order valence-electron chi connectivity index (χ0n) is 7.54. The van der Waals surface area contributed by atoms with Crippen LogP contribution < -0.4 is 0 Å². The third kappa shape index (κ3) is 1.95. The summed E-state index contributed by atoms with van der Waals surface area (Å²) in [6.07, 6.45) is 3.24. The van der Waals surface area contributed by atoms with E-state index < -0.39 is 0 Å². The second-order valence-electron chi connectivity index (χ2n) is 2.91. The molecule has 0 spiro atoms. The number of carbonyl (C=O) groups excluding carboxylic acids is 1. The van der Waals surface area contributed by atoms with Crippen molar-refractivity contribution in [2.24, 2.45) is 0 Å². The molecule has 1 heterocycles. The van der Waals surface area contributed by atoms with Crippen LogP contribution in [0.4, 0.5) is 0 Å². The molecule has 0 fully saturated rings. The van der Waals surface area contributed by atoms with Gasteiger partial charge in [-0.3, -0.25) is 4.79 Å². The lowest BCUT2D eigenvalue weighted by atomic mass is 9.96. The van der Waals surface area contributed by atoms with E-state index in [9.17, 15) is 4.79 Å². The van der Waals surface area contributed by atoms with Crippen molar-refractivity contribution >= 4 is 17.6 Å². The van der Waals surface area contributed by atoms with Crippen molar-refractivity contribution in [3.8, 4) is 0 Å². The molecular weight excluding hydrogens is 168 g/mol. The van der Waals surface area contributed by atoms with Crippen LogP contribution in [0, 0.1) is 0 Å². The molecule has 0 aromatic carbocycles. The molecule has 0 unspecified atom stereocenters. The zero-order valence-corrected chi connectivity index (χ0v) is 8.36. The summed E-state index contributed by atoms with van der Waals surface area (Å²) in [6.45, 7) is 4.37. The molecule has 0 saturated carbocycles. The molecule has 0 aliphatic heterocycles. The third-order valence-electron chi connectivity index (χ3n) is 2.21. The van der Waals surface area contributed by atoms with Gasteiger partial charge in [-0.05, 0) is 35.8 Å². The van der Waals surface area contributed by atoms with Gasteiger partial charge in [0, 0.05) is 0 Å². The highest BCUT2D eigenvalue weighted by Crippen LogP contribution is 2.26. The Morgan fingerprint density at radius 3 is 2.58 bits per heavy atom. The Morgan fingerprint density at radius 1 is 1.50 bits per heavy atom.